The monoisotopic (exact) mass is 274 g/mol. The van der Waals surface area contributed by atoms with Gasteiger partial charge in [-0.25, -0.2) is 4.79 Å². The number of amides is 2. The van der Waals surface area contributed by atoms with Gasteiger partial charge in [0.2, 0.25) is 5.13 Å². The van der Waals surface area contributed by atoms with Crippen LogP contribution < -0.4 is 10.6 Å². The first-order valence-corrected chi connectivity index (χ1v) is 6.99. The van der Waals surface area contributed by atoms with Gasteiger partial charge in [-0.15, -0.1) is 10.2 Å². The van der Waals surface area contributed by atoms with Crippen molar-refractivity contribution >= 4 is 22.5 Å². The maximum Gasteiger partial charge on any atom is 0.321 e. The summed E-state index contributed by atoms with van der Waals surface area (Å²) in [5.41, 5.74) is 2.53. The predicted octanol–water partition coefficient (Wildman–Crippen LogP) is 2.66. The Morgan fingerprint density at radius 1 is 1.37 bits per heavy atom. The summed E-state index contributed by atoms with van der Waals surface area (Å²) in [6, 6.07) is 8.09. The van der Waals surface area contributed by atoms with Crippen molar-refractivity contribution in [2.75, 3.05) is 5.32 Å². The number of fused-ring (bicyclic) bond motifs is 1. The van der Waals surface area contributed by atoms with Gasteiger partial charge < -0.3 is 5.32 Å². The number of carbonyl (C=O) groups is 1. The van der Waals surface area contributed by atoms with Gasteiger partial charge in [0.05, 0.1) is 6.04 Å². The van der Waals surface area contributed by atoms with E-state index in [9.17, 15) is 4.79 Å². The molecule has 2 amide bonds. The quantitative estimate of drug-likeness (QED) is 0.884. The Balaban J connectivity index is 1.65. The van der Waals surface area contributed by atoms with Crippen LogP contribution in [-0.4, -0.2) is 16.2 Å². The molecule has 0 radical (unpaired) electrons. The number of anilines is 1. The average molecular weight is 274 g/mol. The molecule has 19 heavy (non-hydrogen) atoms. The fourth-order valence-electron chi connectivity index (χ4n) is 2.35. The number of aromatic nitrogens is 2. The van der Waals surface area contributed by atoms with Crippen LogP contribution in [0.1, 0.15) is 28.6 Å². The minimum atomic E-state index is -0.224. The summed E-state index contributed by atoms with van der Waals surface area (Å²) in [5.74, 6) is 0. The number of carbonyl (C=O) groups excluding carboxylic acids is 1. The molecular formula is C13H14N4OS. The Bertz CT molecular complexity index is 610. The van der Waals surface area contributed by atoms with Gasteiger partial charge in [0.15, 0.2) is 0 Å². The van der Waals surface area contributed by atoms with E-state index >= 15 is 0 Å². The first-order chi connectivity index (χ1) is 9.22. The molecule has 0 spiro atoms. The number of hydrogen-bond donors (Lipinski definition) is 2. The van der Waals surface area contributed by atoms with E-state index in [1.54, 1.807) is 0 Å². The van der Waals surface area contributed by atoms with Crippen LogP contribution in [0, 0.1) is 6.92 Å². The molecule has 1 aromatic carbocycles. The maximum absolute atomic E-state index is 11.9. The van der Waals surface area contributed by atoms with Gasteiger partial charge in [-0.2, -0.15) is 0 Å². The summed E-state index contributed by atoms with van der Waals surface area (Å²) in [5, 5.41) is 14.8. The lowest BCUT2D eigenvalue weighted by Crippen LogP contribution is -2.31. The third kappa shape index (κ3) is 2.58. The third-order valence-corrected chi connectivity index (χ3v) is 3.94. The standard InChI is InChI=1S/C13H14N4OS/c1-8-16-17-13(19-8)15-12(18)14-11-7-6-9-4-2-3-5-10(9)11/h2-5,11H,6-7H2,1H3,(H2,14,15,17,18). The van der Waals surface area contributed by atoms with Crippen LogP contribution in [0.3, 0.4) is 0 Å². The fraction of sp³-hybridized carbons (Fsp3) is 0.308. The summed E-state index contributed by atoms with van der Waals surface area (Å²) >= 11 is 1.37. The number of rotatable bonds is 2. The fourth-order valence-corrected chi connectivity index (χ4v) is 2.93. The molecule has 1 aliphatic carbocycles. The van der Waals surface area contributed by atoms with Crippen molar-refractivity contribution < 1.29 is 4.79 Å². The van der Waals surface area contributed by atoms with Crippen LogP contribution in [0.5, 0.6) is 0 Å². The molecule has 3 rings (SSSR count). The van der Waals surface area contributed by atoms with Crippen LogP contribution in [0.15, 0.2) is 24.3 Å². The van der Waals surface area contributed by atoms with Gasteiger partial charge in [-0.3, -0.25) is 5.32 Å². The number of aryl methyl sites for hydroxylation is 2. The van der Waals surface area contributed by atoms with Crippen molar-refractivity contribution in [3.63, 3.8) is 0 Å². The van der Waals surface area contributed by atoms with Gasteiger partial charge in [-0.05, 0) is 30.9 Å². The summed E-state index contributed by atoms with van der Waals surface area (Å²) in [6.07, 6.45) is 1.96. The van der Waals surface area contributed by atoms with E-state index in [1.165, 1.54) is 22.5 Å². The number of urea groups is 1. The second-order valence-corrected chi connectivity index (χ2v) is 5.70. The zero-order chi connectivity index (χ0) is 13.2. The Labute approximate surface area is 115 Å². The van der Waals surface area contributed by atoms with Crippen molar-refractivity contribution in [3.8, 4) is 0 Å². The molecule has 0 saturated heterocycles. The van der Waals surface area contributed by atoms with E-state index in [0.717, 1.165) is 17.8 Å². The number of benzene rings is 1. The molecule has 1 aromatic heterocycles. The molecule has 1 heterocycles. The Morgan fingerprint density at radius 3 is 3.00 bits per heavy atom. The molecule has 98 valence electrons. The maximum atomic E-state index is 11.9. The van der Waals surface area contributed by atoms with E-state index in [2.05, 4.69) is 33.0 Å². The Hall–Kier alpha value is -1.95. The van der Waals surface area contributed by atoms with Crippen molar-refractivity contribution in [1.82, 2.24) is 15.5 Å². The molecule has 1 unspecified atom stereocenters. The minimum Gasteiger partial charge on any atom is -0.331 e. The number of nitrogens with one attached hydrogen (secondary N) is 2. The third-order valence-electron chi connectivity index (χ3n) is 3.18. The molecule has 6 heteroatoms. The van der Waals surface area contributed by atoms with Gasteiger partial charge in [0.25, 0.3) is 0 Å². The molecule has 2 aromatic rings. The van der Waals surface area contributed by atoms with Crippen LogP contribution in [0.2, 0.25) is 0 Å². The van der Waals surface area contributed by atoms with E-state index in [-0.39, 0.29) is 12.1 Å². The van der Waals surface area contributed by atoms with Gasteiger partial charge in [0.1, 0.15) is 5.01 Å². The number of hydrogen-bond acceptors (Lipinski definition) is 4. The largest absolute Gasteiger partial charge is 0.331 e. The van der Waals surface area contributed by atoms with Crippen molar-refractivity contribution in [1.29, 1.82) is 0 Å². The van der Waals surface area contributed by atoms with Crippen molar-refractivity contribution in [2.24, 2.45) is 0 Å². The second kappa shape index (κ2) is 4.97. The Kier molecular flexibility index (Phi) is 3.16. The summed E-state index contributed by atoms with van der Waals surface area (Å²) in [4.78, 5) is 11.9. The lowest BCUT2D eigenvalue weighted by molar-refractivity contribution is 0.248. The average Bonchev–Trinajstić information content (AvgIpc) is 2.97. The van der Waals surface area contributed by atoms with E-state index in [1.807, 2.05) is 19.1 Å². The van der Waals surface area contributed by atoms with Crippen LogP contribution >= 0.6 is 11.3 Å². The summed E-state index contributed by atoms with van der Waals surface area (Å²) < 4.78 is 0. The van der Waals surface area contributed by atoms with Gasteiger partial charge in [-0.1, -0.05) is 35.6 Å². The minimum absolute atomic E-state index is 0.0882. The summed E-state index contributed by atoms with van der Waals surface area (Å²) in [6.45, 7) is 1.86. The lowest BCUT2D eigenvalue weighted by atomic mass is 10.1. The van der Waals surface area contributed by atoms with Crippen molar-refractivity contribution in [2.45, 2.75) is 25.8 Å². The number of nitrogens with zero attached hydrogens (tertiary/aromatic N) is 2. The first-order valence-electron chi connectivity index (χ1n) is 6.18. The molecule has 1 aliphatic rings. The van der Waals surface area contributed by atoms with Crippen molar-refractivity contribution in [3.05, 3.63) is 40.4 Å². The predicted molar refractivity (Wildman–Crippen MR) is 74.3 cm³/mol. The Morgan fingerprint density at radius 2 is 2.21 bits per heavy atom. The van der Waals surface area contributed by atoms with Gasteiger partial charge in [0, 0.05) is 0 Å². The molecule has 1 atom stereocenters. The zero-order valence-corrected chi connectivity index (χ0v) is 11.3. The lowest BCUT2D eigenvalue weighted by Gasteiger charge is -2.13. The molecule has 0 fully saturated rings. The van der Waals surface area contributed by atoms with Crippen LogP contribution in [0.25, 0.3) is 0 Å². The van der Waals surface area contributed by atoms with Crippen LogP contribution in [-0.2, 0) is 6.42 Å². The molecule has 2 N–H and O–H groups in total. The highest BCUT2D eigenvalue weighted by Gasteiger charge is 2.23. The molecule has 0 bridgehead atoms. The highest BCUT2D eigenvalue weighted by molar-refractivity contribution is 7.15. The van der Waals surface area contributed by atoms with Crippen LogP contribution in [0.4, 0.5) is 9.93 Å². The highest BCUT2D eigenvalue weighted by Crippen LogP contribution is 2.30. The second-order valence-electron chi connectivity index (χ2n) is 4.51. The molecule has 5 nitrogen and oxygen atoms in total. The molecule has 0 saturated carbocycles. The van der Waals surface area contributed by atoms with E-state index < -0.39 is 0 Å². The topological polar surface area (TPSA) is 66.9 Å². The summed E-state index contributed by atoms with van der Waals surface area (Å²) in [7, 11) is 0. The molecule has 0 aliphatic heterocycles. The highest BCUT2D eigenvalue weighted by atomic mass is 32.1. The van der Waals surface area contributed by atoms with E-state index in [0.29, 0.717) is 5.13 Å². The SMILES string of the molecule is Cc1nnc(NC(=O)NC2CCc3ccccc32)s1. The molecular weight excluding hydrogens is 260 g/mol. The zero-order valence-electron chi connectivity index (χ0n) is 10.5. The van der Waals surface area contributed by atoms with E-state index in [4.69, 9.17) is 0 Å². The smallest absolute Gasteiger partial charge is 0.321 e. The first kappa shape index (κ1) is 12.1. The van der Waals surface area contributed by atoms with Gasteiger partial charge >= 0.3 is 6.03 Å². The normalized spacial score (nSPS) is 17.0.